The summed E-state index contributed by atoms with van der Waals surface area (Å²) in [6.45, 7) is 4.30. The van der Waals surface area contributed by atoms with Crippen molar-refractivity contribution < 1.29 is 9.47 Å². The molecule has 6 heteroatoms. The van der Waals surface area contributed by atoms with E-state index in [1.807, 2.05) is 36.4 Å². The maximum Gasteiger partial charge on any atom is 0.244 e. The van der Waals surface area contributed by atoms with Crippen molar-refractivity contribution in [3.63, 3.8) is 0 Å². The molecule has 4 rings (SSSR count). The number of hydrogen-bond donors (Lipinski definition) is 2. The fourth-order valence-corrected chi connectivity index (χ4v) is 3.63. The van der Waals surface area contributed by atoms with Gasteiger partial charge in [0, 0.05) is 5.56 Å². The number of nitrogens with one attached hydrogen (secondary N) is 1. The number of ether oxygens (including phenoxy) is 2. The molecular formula is C23H22N4O2. The second-order valence-corrected chi connectivity index (χ2v) is 7.29. The summed E-state index contributed by atoms with van der Waals surface area (Å²) in [7, 11) is 1.63. The normalized spacial score (nSPS) is 15.6. The Morgan fingerprint density at radius 2 is 1.83 bits per heavy atom. The van der Waals surface area contributed by atoms with Crippen LogP contribution < -0.4 is 15.2 Å². The van der Waals surface area contributed by atoms with Crippen LogP contribution in [0.3, 0.4) is 0 Å². The largest absolute Gasteiger partial charge is 0.497 e. The molecule has 0 unspecified atom stereocenters. The zero-order chi connectivity index (χ0) is 20.5. The van der Waals surface area contributed by atoms with Crippen molar-refractivity contribution in [2.24, 2.45) is 5.73 Å². The van der Waals surface area contributed by atoms with Crippen molar-refractivity contribution in [3.8, 4) is 29.0 Å². The van der Waals surface area contributed by atoms with E-state index in [2.05, 4.69) is 42.2 Å². The van der Waals surface area contributed by atoms with E-state index in [0.29, 0.717) is 17.4 Å². The van der Waals surface area contributed by atoms with Gasteiger partial charge in [-0.25, -0.2) is 0 Å². The molecular weight excluding hydrogens is 364 g/mol. The smallest absolute Gasteiger partial charge is 0.244 e. The van der Waals surface area contributed by atoms with Crippen LogP contribution in [0.5, 0.6) is 11.6 Å². The summed E-state index contributed by atoms with van der Waals surface area (Å²) in [6.07, 6.45) is 0. The van der Waals surface area contributed by atoms with Gasteiger partial charge in [-0.3, -0.25) is 5.10 Å². The van der Waals surface area contributed by atoms with Gasteiger partial charge in [-0.15, -0.1) is 5.10 Å². The van der Waals surface area contributed by atoms with Gasteiger partial charge in [0.1, 0.15) is 17.4 Å². The number of fused-ring (bicyclic) bond motifs is 1. The highest BCUT2D eigenvalue weighted by atomic mass is 16.5. The molecule has 0 saturated heterocycles. The molecule has 146 valence electrons. The Balaban J connectivity index is 1.86. The monoisotopic (exact) mass is 386 g/mol. The number of aromatic nitrogens is 2. The highest BCUT2D eigenvalue weighted by Crippen LogP contribution is 2.45. The summed E-state index contributed by atoms with van der Waals surface area (Å²) in [5.74, 6) is 1.31. The number of nitriles is 1. The molecule has 0 spiro atoms. The molecule has 0 radical (unpaired) electrons. The van der Waals surface area contributed by atoms with Crippen LogP contribution >= 0.6 is 0 Å². The van der Waals surface area contributed by atoms with Gasteiger partial charge in [-0.1, -0.05) is 38.1 Å². The molecule has 1 aliphatic heterocycles. The number of aromatic amines is 1. The van der Waals surface area contributed by atoms with Gasteiger partial charge in [-0.2, -0.15) is 5.26 Å². The van der Waals surface area contributed by atoms with E-state index in [9.17, 15) is 5.26 Å². The number of nitrogens with two attached hydrogens (primary N) is 1. The van der Waals surface area contributed by atoms with E-state index in [1.54, 1.807) is 7.11 Å². The van der Waals surface area contributed by atoms with E-state index in [1.165, 1.54) is 5.56 Å². The summed E-state index contributed by atoms with van der Waals surface area (Å²) in [5.41, 5.74) is 11.2. The maximum atomic E-state index is 9.81. The van der Waals surface area contributed by atoms with Gasteiger partial charge in [-0.05, 0) is 41.3 Å². The van der Waals surface area contributed by atoms with Gasteiger partial charge >= 0.3 is 0 Å². The van der Waals surface area contributed by atoms with Crippen LogP contribution in [0.15, 0.2) is 60.0 Å². The first kappa shape index (κ1) is 18.6. The fourth-order valence-electron chi connectivity index (χ4n) is 3.63. The molecule has 0 amide bonds. The molecule has 1 atom stereocenters. The summed E-state index contributed by atoms with van der Waals surface area (Å²) in [4.78, 5) is 0. The first-order valence-corrected chi connectivity index (χ1v) is 9.43. The predicted molar refractivity (Wildman–Crippen MR) is 110 cm³/mol. The quantitative estimate of drug-likeness (QED) is 0.691. The van der Waals surface area contributed by atoms with Crippen LogP contribution in [-0.4, -0.2) is 17.3 Å². The summed E-state index contributed by atoms with van der Waals surface area (Å²) in [5, 5.41) is 17.2. The minimum Gasteiger partial charge on any atom is -0.497 e. The van der Waals surface area contributed by atoms with Crippen LogP contribution in [0.1, 0.15) is 42.4 Å². The summed E-state index contributed by atoms with van der Waals surface area (Å²) in [6, 6.07) is 18.2. The van der Waals surface area contributed by atoms with Crippen molar-refractivity contribution >= 4 is 0 Å². The van der Waals surface area contributed by atoms with E-state index in [-0.39, 0.29) is 11.8 Å². The zero-order valence-electron chi connectivity index (χ0n) is 16.6. The molecule has 1 aliphatic rings. The Morgan fingerprint density at radius 3 is 2.41 bits per heavy atom. The van der Waals surface area contributed by atoms with Gasteiger partial charge in [0.15, 0.2) is 0 Å². The Bertz CT molecular complexity index is 1100. The van der Waals surface area contributed by atoms with Gasteiger partial charge in [0.2, 0.25) is 11.8 Å². The average Bonchev–Trinajstić information content (AvgIpc) is 3.16. The number of benzene rings is 2. The molecule has 0 fully saturated rings. The standard InChI is InChI=1S/C23H22N4O2/c1-13(2)14-4-6-15(7-5-14)19-18(12-24)22(25)29-23-20(19)21(26-27-23)16-8-10-17(28-3)11-9-16/h4-11,13,19H,25H2,1-3H3,(H,26,27)/t19-/m1/s1. The maximum absolute atomic E-state index is 9.81. The van der Waals surface area contributed by atoms with Gasteiger partial charge in [0.25, 0.3) is 0 Å². The third-order valence-electron chi connectivity index (χ3n) is 5.25. The third-order valence-corrected chi connectivity index (χ3v) is 5.25. The molecule has 0 saturated carbocycles. The number of H-pyrrole nitrogens is 1. The molecule has 29 heavy (non-hydrogen) atoms. The molecule has 0 bridgehead atoms. The van der Waals surface area contributed by atoms with Crippen molar-refractivity contribution in [2.75, 3.05) is 7.11 Å². The molecule has 3 aromatic rings. The predicted octanol–water partition coefficient (Wildman–Crippen LogP) is 4.43. The lowest BCUT2D eigenvalue weighted by Gasteiger charge is -2.24. The second-order valence-electron chi connectivity index (χ2n) is 7.29. The highest BCUT2D eigenvalue weighted by Gasteiger charge is 2.35. The molecule has 2 heterocycles. The average molecular weight is 386 g/mol. The minimum atomic E-state index is -0.360. The Hall–Kier alpha value is -3.72. The lowest BCUT2D eigenvalue weighted by atomic mass is 9.82. The molecule has 0 aliphatic carbocycles. The van der Waals surface area contributed by atoms with Crippen molar-refractivity contribution in [1.29, 1.82) is 5.26 Å². The Morgan fingerprint density at radius 1 is 1.14 bits per heavy atom. The SMILES string of the molecule is COc1ccc(-c2[nH]nc3c2[C@H](c2ccc(C(C)C)cc2)C(C#N)=C(N)O3)cc1. The lowest BCUT2D eigenvalue weighted by molar-refractivity contribution is 0.379. The molecule has 3 N–H and O–H groups in total. The highest BCUT2D eigenvalue weighted by molar-refractivity contribution is 5.71. The fraction of sp³-hybridized carbons (Fsp3) is 0.217. The third kappa shape index (κ3) is 3.21. The number of allylic oxidation sites excluding steroid dienone is 1. The van der Waals surface area contributed by atoms with Crippen LogP contribution in [0, 0.1) is 11.3 Å². The second kappa shape index (κ2) is 7.36. The summed E-state index contributed by atoms with van der Waals surface area (Å²) < 4.78 is 10.9. The Kier molecular flexibility index (Phi) is 4.73. The molecule has 2 aromatic carbocycles. The van der Waals surface area contributed by atoms with E-state index < -0.39 is 0 Å². The van der Waals surface area contributed by atoms with Crippen LogP contribution in [0.25, 0.3) is 11.3 Å². The van der Waals surface area contributed by atoms with Gasteiger partial charge in [0.05, 0.1) is 24.3 Å². The van der Waals surface area contributed by atoms with Crippen molar-refractivity contribution in [3.05, 3.63) is 76.7 Å². The van der Waals surface area contributed by atoms with E-state index in [0.717, 1.165) is 28.1 Å². The number of rotatable bonds is 4. The van der Waals surface area contributed by atoms with Crippen LogP contribution in [0.2, 0.25) is 0 Å². The first-order chi connectivity index (χ1) is 14.0. The lowest BCUT2D eigenvalue weighted by Crippen LogP contribution is -2.21. The number of hydrogen-bond acceptors (Lipinski definition) is 5. The van der Waals surface area contributed by atoms with E-state index >= 15 is 0 Å². The number of methoxy groups -OCH3 is 1. The topological polar surface area (TPSA) is 97.0 Å². The zero-order valence-corrected chi connectivity index (χ0v) is 16.6. The van der Waals surface area contributed by atoms with Crippen LogP contribution in [0.4, 0.5) is 0 Å². The summed E-state index contributed by atoms with van der Waals surface area (Å²) >= 11 is 0. The first-order valence-electron chi connectivity index (χ1n) is 9.43. The molecule has 1 aromatic heterocycles. The van der Waals surface area contributed by atoms with Crippen molar-refractivity contribution in [1.82, 2.24) is 10.2 Å². The van der Waals surface area contributed by atoms with Crippen LogP contribution in [-0.2, 0) is 0 Å². The minimum absolute atomic E-state index is 0.0886. The van der Waals surface area contributed by atoms with Gasteiger partial charge < -0.3 is 15.2 Å². The Labute approximate surface area is 169 Å². The van der Waals surface area contributed by atoms with E-state index in [4.69, 9.17) is 15.2 Å². The van der Waals surface area contributed by atoms with Crippen molar-refractivity contribution in [2.45, 2.75) is 25.7 Å². The molecule has 6 nitrogen and oxygen atoms in total. The number of nitrogens with zero attached hydrogens (tertiary/aromatic N) is 2.